The summed E-state index contributed by atoms with van der Waals surface area (Å²) in [6, 6.07) is 7.34. The van der Waals surface area contributed by atoms with Crippen LogP contribution in [0.25, 0.3) is 0 Å². The van der Waals surface area contributed by atoms with Crippen LogP contribution in [0.3, 0.4) is 0 Å². The second-order valence-electron chi connectivity index (χ2n) is 7.84. The standard InChI is InChI=1S/C22H31N3O3/c1-3-20(26)25-13-7-6-10-19(25)22(28)24-14-11-17(12-15-24)23-21(27)18-9-5-4-8-16(18)2/h4-5,8-9,17,19H,3,6-7,10-15H2,1-2H3,(H,23,27)/t19-/m0/s1. The zero-order valence-corrected chi connectivity index (χ0v) is 16.9. The molecule has 0 bridgehead atoms. The molecule has 152 valence electrons. The van der Waals surface area contributed by atoms with E-state index in [4.69, 9.17) is 0 Å². The van der Waals surface area contributed by atoms with Crippen LogP contribution in [-0.2, 0) is 9.59 Å². The molecule has 1 N–H and O–H groups in total. The number of nitrogens with one attached hydrogen (secondary N) is 1. The van der Waals surface area contributed by atoms with Crippen molar-refractivity contribution in [1.82, 2.24) is 15.1 Å². The third-order valence-electron chi connectivity index (χ3n) is 5.94. The monoisotopic (exact) mass is 385 g/mol. The molecule has 2 heterocycles. The second kappa shape index (κ2) is 9.22. The van der Waals surface area contributed by atoms with Gasteiger partial charge in [-0.3, -0.25) is 14.4 Å². The molecule has 0 radical (unpaired) electrons. The van der Waals surface area contributed by atoms with Crippen LogP contribution in [0.2, 0.25) is 0 Å². The van der Waals surface area contributed by atoms with Crippen LogP contribution in [-0.4, -0.2) is 59.2 Å². The summed E-state index contributed by atoms with van der Waals surface area (Å²) in [7, 11) is 0. The Morgan fingerprint density at radius 2 is 1.75 bits per heavy atom. The summed E-state index contributed by atoms with van der Waals surface area (Å²) in [5.41, 5.74) is 1.67. The van der Waals surface area contributed by atoms with E-state index in [1.807, 2.05) is 43.0 Å². The lowest BCUT2D eigenvalue weighted by Gasteiger charge is -2.40. The van der Waals surface area contributed by atoms with E-state index in [-0.39, 0.29) is 29.8 Å². The van der Waals surface area contributed by atoms with E-state index in [9.17, 15) is 14.4 Å². The number of carbonyl (C=O) groups is 3. The molecule has 0 spiro atoms. The van der Waals surface area contributed by atoms with Gasteiger partial charge in [-0.1, -0.05) is 25.1 Å². The highest BCUT2D eigenvalue weighted by Crippen LogP contribution is 2.22. The molecule has 1 atom stereocenters. The Balaban J connectivity index is 1.54. The van der Waals surface area contributed by atoms with Gasteiger partial charge in [0.05, 0.1) is 0 Å². The van der Waals surface area contributed by atoms with Crippen molar-refractivity contribution >= 4 is 17.7 Å². The molecule has 2 fully saturated rings. The summed E-state index contributed by atoms with van der Waals surface area (Å²) >= 11 is 0. The molecule has 2 aliphatic heterocycles. The Kier molecular flexibility index (Phi) is 6.70. The number of amides is 3. The van der Waals surface area contributed by atoms with Crippen molar-refractivity contribution in [3.63, 3.8) is 0 Å². The van der Waals surface area contributed by atoms with Gasteiger partial charge in [-0.05, 0) is 50.7 Å². The zero-order valence-electron chi connectivity index (χ0n) is 16.9. The smallest absolute Gasteiger partial charge is 0.251 e. The molecule has 2 saturated heterocycles. The minimum atomic E-state index is -0.306. The first-order chi connectivity index (χ1) is 13.5. The highest BCUT2D eigenvalue weighted by atomic mass is 16.2. The van der Waals surface area contributed by atoms with Gasteiger partial charge in [-0.25, -0.2) is 0 Å². The molecule has 0 aromatic heterocycles. The van der Waals surface area contributed by atoms with Gasteiger partial charge in [0.15, 0.2) is 0 Å². The van der Waals surface area contributed by atoms with E-state index in [1.165, 1.54) is 0 Å². The molecule has 0 unspecified atom stereocenters. The van der Waals surface area contributed by atoms with Crippen molar-refractivity contribution in [2.45, 2.75) is 64.5 Å². The molecule has 28 heavy (non-hydrogen) atoms. The van der Waals surface area contributed by atoms with Crippen LogP contribution < -0.4 is 5.32 Å². The van der Waals surface area contributed by atoms with Gasteiger partial charge >= 0.3 is 0 Å². The van der Waals surface area contributed by atoms with Gasteiger partial charge in [0.2, 0.25) is 11.8 Å². The van der Waals surface area contributed by atoms with E-state index in [0.29, 0.717) is 31.6 Å². The predicted octanol–water partition coefficient (Wildman–Crippen LogP) is 2.51. The fraction of sp³-hybridized carbons (Fsp3) is 0.591. The van der Waals surface area contributed by atoms with Crippen molar-refractivity contribution < 1.29 is 14.4 Å². The lowest BCUT2D eigenvalue weighted by molar-refractivity contribution is -0.148. The molecule has 1 aromatic carbocycles. The van der Waals surface area contributed by atoms with Gasteiger partial charge in [0, 0.05) is 37.7 Å². The lowest BCUT2D eigenvalue weighted by Crippen LogP contribution is -2.55. The van der Waals surface area contributed by atoms with Crippen LogP contribution in [0.15, 0.2) is 24.3 Å². The summed E-state index contributed by atoms with van der Waals surface area (Å²) in [5, 5.41) is 3.11. The van der Waals surface area contributed by atoms with E-state index in [0.717, 1.165) is 37.7 Å². The van der Waals surface area contributed by atoms with Crippen LogP contribution >= 0.6 is 0 Å². The highest BCUT2D eigenvalue weighted by molar-refractivity contribution is 5.95. The molecule has 1 aromatic rings. The summed E-state index contributed by atoms with van der Waals surface area (Å²) in [5.74, 6) is 0.0958. The fourth-order valence-corrected chi connectivity index (χ4v) is 4.24. The average Bonchev–Trinajstić information content (AvgIpc) is 2.73. The predicted molar refractivity (Wildman–Crippen MR) is 108 cm³/mol. The normalized spacial score (nSPS) is 20.7. The average molecular weight is 386 g/mol. The van der Waals surface area contributed by atoms with E-state index in [1.54, 1.807) is 4.90 Å². The number of hydrogen-bond donors (Lipinski definition) is 1. The zero-order chi connectivity index (χ0) is 20.1. The summed E-state index contributed by atoms with van der Waals surface area (Å²) in [4.78, 5) is 41.4. The van der Waals surface area contributed by atoms with Crippen LogP contribution in [0.5, 0.6) is 0 Å². The SMILES string of the molecule is CCC(=O)N1CCCC[C@H]1C(=O)N1CCC(NC(=O)c2ccccc2C)CC1. The Bertz CT molecular complexity index is 725. The maximum atomic E-state index is 13.0. The molecule has 0 aliphatic carbocycles. The van der Waals surface area contributed by atoms with Crippen molar-refractivity contribution in [3.8, 4) is 0 Å². The molecule has 2 aliphatic rings. The number of benzene rings is 1. The number of piperidine rings is 2. The number of likely N-dealkylation sites (tertiary alicyclic amines) is 2. The van der Waals surface area contributed by atoms with Crippen LogP contribution in [0, 0.1) is 6.92 Å². The Labute approximate surface area is 167 Å². The maximum Gasteiger partial charge on any atom is 0.251 e. The van der Waals surface area contributed by atoms with E-state index >= 15 is 0 Å². The Hall–Kier alpha value is -2.37. The Morgan fingerprint density at radius 1 is 1.04 bits per heavy atom. The van der Waals surface area contributed by atoms with Crippen molar-refractivity contribution in [2.75, 3.05) is 19.6 Å². The van der Waals surface area contributed by atoms with Gasteiger partial charge < -0.3 is 15.1 Å². The van der Waals surface area contributed by atoms with Crippen LogP contribution in [0.1, 0.15) is 61.4 Å². The number of rotatable bonds is 4. The van der Waals surface area contributed by atoms with Crippen LogP contribution in [0.4, 0.5) is 0 Å². The quantitative estimate of drug-likeness (QED) is 0.866. The first-order valence-corrected chi connectivity index (χ1v) is 10.5. The largest absolute Gasteiger partial charge is 0.349 e. The molecule has 3 rings (SSSR count). The van der Waals surface area contributed by atoms with E-state index in [2.05, 4.69) is 5.32 Å². The minimum Gasteiger partial charge on any atom is -0.349 e. The summed E-state index contributed by atoms with van der Waals surface area (Å²) < 4.78 is 0. The maximum absolute atomic E-state index is 13.0. The molecular weight excluding hydrogens is 354 g/mol. The summed E-state index contributed by atoms with van der Waals surface area (Å²) in [6.45, 7) is 5.72. The number of aryl methyl sites for hydroxylation is 1. The molecule has 6 heteroatoms. The van der Waals surface area contributed by atoms with Gasteiger partial charge in [-0.15, -0.1) is 0 Å². The lowest BCUT2D eigenvalue weighted by atomic mass is 9.98. The van der Waals surface area contributed by atoms with Crippen molar-refractivity contribution in [3.05, 3.63) is 35.4 Å². The number of carbonyl (C=O) groups excluding carboxylic acids is 3. The van der Waals surface area contributed by atoms with Crippen molar-refractivity contribution in [2.24, 2.45) is 0 Å². The number of hydrogen-bond acceptors (Lipinski definition) is 3. The summed E-state index contributed by atoms with van der Waals surface area (Å²) in [6.07, 6.45) is 4.66. The second-order valence-corrected chi connectivity index (χ2v) is 7.84. The van der Waals surface area contributed by atoms with Gasteiger partial charge in [0.25, 0.3) is 5.91 Å². The first kappa shape index (κ1) is 20.4. The Morgan fingerprint density at radius 3 is 2.43 bits per heavy atom. The van der Waals surface area contributed by atoms with Gasteiger partial charge in [-0.2, -0.15) is 0 Å². The fourth-order valence-electron chi connectivity index (χ4n) is 4.24. The molecule has 3 amide bonds. The molecule has 0 saturated carbocycles. The third-order valence-corrected chi connectivity index (χ3v) is 5.94. The first-order valence-electron chi connectivity index (χ1n) is 10.5. The topological polar surface area (TPSA) is 69.7 Å². The van der Waals surface area contributed by atoms with E-state index < -0.39 is 0 Å². The molecular formula is C22H31N3O3. The van der Waals surface area contributed by atoms with Gasteiger partial charge in [0.1, 0.15) is 6.04 Å². The molecule has 6 nitrogen and oxygen atoms in total. The third kappa shape index (κ3) is 4.54. The minimum absolute atomic E-state index is 0.0464. The van der Waals surface area contributed by atoms with Crippen molar-refractivity contribution in [1.29, 1.82) is 0 Å². The number of nitrogens with zero attached hydrogens (tertiary/aromatic N) is 2. The highest BCUT2D eigenvalue weighted by Gasteiger charge is 2.35.